The van der Waals surface area contributed by atoms with Gasteiger partial charge in [0.25, 0.3) is 0 Å². The highest BCUT2D eigenvalue weighted by Gasteiger charge is 2.17. The van der Waals surface area contributed by atoms with Gasteiger partial charge in [-0.2, -0.15) is 0 Å². The van der Waals surface area contributed by atoms with E-state index in [1.54, 1.807) is 17.6 Å². The maximum atomic E-state index is 12.3. The smallest absolute Gasteiger partial charge is 0.221 e. The Morgan fingerprint density at radius 3 is 2.64 bits per heavy atom. The average molecular weight is 311 g/mol. The fraction of sp³-hybridized carbons (Fsp3) is 0.167. The van der Waals surface area contributed by atoms with Crippen LogP contribution in [0.15, 0.2) is 70.7 Å². The van der Waals surface area contributed by atoms with Crippen molar-refractivity contribution in [2.75, 3.05) is 0 Å². The van der Waals surface area contributed by atoms with Crippen LogP contribution < -0.4 is 5.32 Å². The summed E-state index contributed by atoms with van der Waals surface area (Å²) in [7, 11) is 0. The first kappa shape index (κ1) is 14.6. The summed E-state index contributed by atoms with van der Waals surface area (Å²) in [5.74, 6) is 0.862. The molecule has 2 heterocycles. The minimum Gasteiger partial charge on any atom is -0.469 e. The first-order valence-corrected chi connectivity index (χ1v) is 8.11. The van der Waals surface area contributed by atoms with E-state index in [0.717, 1.165) is 16.2 Å². The number of nitrogens with one attached hydrogen (secondary N) is 1. The van der Waals surface area contributed by atoms with Crippen LogP contribution in [0, 0.1) is 0 Å². The molecule has 22 heavy (non-hydrogen) atoms. The zero-order valence-electron chi connectivity index (χ0n) is 12.1. The van der Waals surface area contributed by atoms with Crippen molar-refractivity contribution >= 4 is 17.2 Å². The Kier molecular flexibility index (Phi) is 4.71. The molecule has 0 aliphatic rings. The van der Waals surface area contributed by atoms with Gasteiger partial charge in [-0.1, -0.05) is 36.4 Å². The molecule has 0 radical (unpaired) electrons. The van der Waals surface area contributed by atoms with E-state index in [0.29, 0.717) is 12.8 Å². The van der Waals surface area contributed by atoms with Gasteiger partial charge in [-0.25, -0.2) is 0 Å². The van der Waals surface area contributed by atoms with Gasteiger partial charge in [0, 0.05) is 17.7 Å². The van der Waals surface area contributed by atoms with Crippen LogP contribution in [0.3, 0.4) is 0 Å². The van der Waals surface area contributed by atoms with Gasteiger partial charge in [0.05, 0.1) is 12.3 Å². The molecule has 112 valence electrons. The monoisotopic (exact) mass is 311 g/mol. The number of carbonyl (C=O) groups excluding carboxylic acids is 1. The normalized spacial score (nSPS) is 12.0. The Morgan fingerprint density at radius 2 is 1.95 bits per heavy atom. The maximum Gasteiger partial charge on any atom is 0.221 e. The van der Waals surface area contributed by atoms with Crippen LogP contribution in [0.1, 0.15) is 28.7 Å². The molecule has 0 aliphatic heterocycles. The molecular weight excluding hydrogens is 294 g/mol. The topological polar surface area (TPSA) is 42.2 Å². The Labute approximate surface area is 133 Å². The molecule has 0 unspecified atom stereocenters. The highest BCUT2D eigenvalue weighted by atomic mass is 32.1. The zero-order valence-corrected chi connectivity index (χ0v) is 12.9. The van der Waals surface area contributed by atoms with Crippen LogP contribution in [0.2, 0.25) is 0 Å². The number of benzene rings is 1. The van der Waals surface area contributed by atoms with Crippen LogP contribution in [0.5, 0.6) is 0 Å². The Bertz CT molecular complexity index is 690. The number of amides is 1. The standard InChI is InChI=1S/C18H17NO2S/c20-17(11-10-15-8-4-12-21-15)19-18(16-9-5-13-22-16)14-6-2-1-3-7-14/h1-9,12-13,18H,10-11H2,(H,19,20)/t18-/m1/s1. The first-order chi connectivity index (χ1) is 10.8. The molecule has 3 nitrogen and oxygen atoms in total. The molecule has 1 atom stereocenters. The van der Waals surface area contributed by atoms with Gasteiger partial charge in [-0.05, 0) is 29.1 Å². The third kappa shape index (κ3) is 3.65. The molecule has 0 bridgehead atoms. The number of carbonyl (C=O) groups is 1. The molecule has 3 aromatic rings. The second-order valence-corrected chi connectivity index (χ2v) is 5.99. The number of thiophene rings is 1. The summed E-state index contributed by atoms with van der Waals surface area (Å²) in [6.45, 7) is 0. The molecular formula is C18H17NO2S. The van der Waals surface area contributed by atoms with Crippen molar-refractivity contribution in [1.29, 1.82) is 0 Å². The van der Waals surface area contributed by atoms with Crippen molar-refractivity contribution < 1.29 is 9.21 Å². The summed E-state index contributed by atoms with van der Waals surface area (Å²) < 4.78 is 5.27. The van der Waals surface area contributed by atoms with E-state index >= 15 is 0 Å². The molecule has 0 fully saturated rings. The fourth-order valence-electron chi connectivity index (χ4n) is 2.34. The lowest BCUT2D eigenvalue weighted by atomic mass is 10.1. The van der Waals surface area contributed by atoms with E-state index in [9.17, 15) is 4.79 Å². The molecule has 2 aromatic heterocycles. The number of hydrogen-bond donors (Lipinski definition) is 1. The van der Waals surface area contributed by atoms with Gasteiger partial charge in [-0.15, -0.1) is 11.3 Å². The number of aryl methyl sites for hydroxylation is 1. The van der Waals surface area contributed by atoms with Crippen molar-refractivity contribution in [3.05, 3.63) is 82.4 Å². The second-order valence-electron chi connectivity index (χ2n) is 5.01. The van der Waals surface area contributed by atoms with E-state index in [2.05, 4.69) is 11.4 Å². The molecule has 1 N–H and O–H groups in total. The van der Waals surface area contributed by atoms with Gasteiger partial charge < -0.3 is 9.73 Å². The third-order valence-corrected chi connectivity index (χ3v) is 4.38. The fourth-order valence-corrected chi connectivity index (χ4v) is 3.15. The Balaban J connectivity index is 1.69. The molecule has 3 rings (SSSR count). The van der Waals surface area contributed by atoms with E-state index in [-0.39, 0.29) is 11.9 Å². The number of furan rings is 1. The summed E-state index contributed by atoms with van der Waals surface area (Å²) in [5, 5.41) is 5.16. The lowest BCUT2D eigenvalue weighted by Gasteiger charge is -2.18. The Morgan fingerprint density at radius 1 is 1.09 bits per heavy atom. The van der Waals surface area contributed by atoms with E-state index in [1.807, 2.05) is 53.9 Å². The first-order valence-electron chi connectivity index (χ1n) is 7.23. The molecule has 4 heteroatoms. The van der Waals surface area contributed by atoms with E-state index < -0.39 is 0 Å². The summed E-state index contributed by atoms with van der Waals surface area (Å²) >= 11 is 1.65. The highest BCUT2D eigenvalue weighted by Crippen LogP contribution is 2.26. The predicted octanol–water partition coefficient (Wildman–Crippen LogP) is 4.18. The molecule has 1 aromatic carbocycles. The summed E-state index contributed by atoms with van der Waals surface area (Å²) in [6, 6.07) is 17.7. The highest BCUT2D eigenvalue weighted by molar-refractivity contribution is 7.10. The third-order valence-electron chi connectivity index (χ3n) is 3.44. The number of hydrogen-bond acceptors (Lipinski definition) is 3. The molecule has 0 aliphatic carbocycles. The van der Waals surface area contributed by atoms with Crippen LogP contribution in [0.25, 0.3) is 0 Å². The largest absolute Gasteiger partial charge is 0.469 e. The van der Waals surface area contributed by atoms with Crippen molar-refractivity contribution in [2.24, 2.45) is 0 Å². The Hall–Kier alpha value is -2.33. The van der Waals surface area contributed by atoms with Gasteiger partial charge in [0.15, 0.2) is 0 Å². The summed E-state index contributed by atoms with van der Waals surface area (Å²) in [6.07, 6.45) is 2.67. The minimum atomic E-state index is -0.0923. The van der Waals surface area contributed by atoms with Crippen molar-refractivity contribution in [3.63, 3.8) is 0 Å². The van der Waals surface area contributed by atoms with Gasteiger partial charge in [0.1, 0.15) is 5.76 Å². The lowest BCUT2D eigenvalue weighted by Crippen LogP contribution is -2.28. The maximum absolute atomic E-state index is 12.3. The van der Waals surface area contributed by atoms with Crippen LogP contribution >= 0.6 is 11.3 Å². The van der Waals surface area contributed by atoms with E-state index in [1.165, 1.54) is 0 Å². The zero-order chi connectivity index (χ0) is 15.2. The van der Waals surface area contributed by atoms with Crippen molar-refractivity contribution in [1.82, 2.24) is 5.32 Å². The SMILES string of the molecule is O=C(CCc1ccco1)N[C@H](c1ccccc1)c1cccs1. The van der Waals surface area contributed by atoms with E-state index in [4.69, 9.17) is 4.42 Å². The average Bonchev–Trinajstić information content (AvgIpc) is 3.25. The van der Waals surface area contributed by atoms with Crippen LogP contribution in [-0.4, -0.2) is 5.91 Å². The molecule has 0 saturated heterocycles. The quantitative estimate of drug-likeness (QED) is 0.742. The summed E-state index contributed by atoms with van der Waals surface area (Å²) in [5.41, 5.74) is 1.09. The summed E-state index contributed by atoms with van der Waals surface area (Å²) in [4.78, 5) is 13.4. The van der Waals surface area contributed by atoms with Gasteiger partial charge in [-0.3, -0.25) is 4.79 Å². The minimum absolute atomic E-state index is 0.0265. The van der Waals surface area contributed by atoms with Gasteiger partial charge in [0.2, 0.25) is 5.91 Å². The molecule has 0 spiro atoms. The van der Waals surface area contributed by atoms with Crippen molar-refractivity contribution in [3.8, 4) is 0 Å². The second kappa shape index (κ2) is 7.09. The van der Waals surface area contributed by atoms with Gasteiger partial charge >= 0.3 is 0 Å². The predicted molar refractivity (Wildman–Crippen MR) is 87.8 cm³/mol. The van der Waals surface area contributed by atoms with Crippen LogP contribution in [-0.2, 0) is 11.2 Å². The van der Waals surface area contributed by atoms with Crippen molar-refractivity contribution in [2.45, 2.75) is 18.9 Å². The lowest BCUT2D eigenvalue weighted by molar-refractivity contribution is -0.121. The van der Waals surface area contributed by atoms with Crippen LogP contribution in [0.4, 0.5) is 0 Å². The number of rotatable bonds is 6. The molecule has 1 amide bonds. The molecule has 0 saturated carbocycles.